The van der Waals surface area contributed by atoms with Crippen LogP contribution in [0.25, 0.3) is 0 Å². The molecule has 2 nitrogen and oxygen atoms in total. The first-order chi connectivity index (χ1) is 10.2. The number of thioether (sulfide) groups is 2. The van der Waals surface area contributed by atoms with E-state index in [2.05, 4.69) is 15.9 Å². The maximum atomic E-state index is 12.9. The van der Waals surface area contributed by atoms with E-state index in [4.69, 9.17) is 0 Å². The lowest BCUT2D eigenvalue weighted by atomic mass is 9.98. The molecule has 3 rings (SSSR count). The highest BCUT2D eigenvalue weighted by molar-refractivity contribution is 9.10. The molecule has 1 amide bonds. The van der Waals surface area contributed by atoms with Crippen molar-refractivity contribution in [2.24, 2.45) is 0 Å². The van der Waals surface area contributed by atoms with Gasteiger partial charge in [-0.3, -0.25) is 4.79 Å². The molecule has 8 heteroatoms. The number of fused-ring (bicyclic) bond motifs is 2. The summed E-state index contributed by atoms with van der Waals surface area (Å²) >= 11 is 7.03. The third-order valence-corrected chi connectivity index (χ3v) is 7.95. The second-order valence-electron chi connectivity index (χ2n) is 5.30. The highest BCUT2D eigenvalue weighted by Crippen LogP contribution is 2.60. The number of aryl methyl sites for hydroxylation is 1. The van der Waals surface area contributed by atoms with Gasteiger partial charge in [-0.05, 0) is 31.0 Å². The van der Waals surface area contributed by atoms with Crippen LogP contribution in [-0.4, -0.2) is 30.1 Å². The second kappa shape index (κ2) is 5.63. The summed E-state index contributed by atoms with van der Waals surface area (Å²) in [6.45, 7) is 1.92. The molecule has 0 atom stereocenters. The van der Waals surface area contributed by atoms with Crippen molar-refractivity contribution in [3.05, 3.63) is 27.7 Å². The minimum absolute atomic E-state index is 0.0984. The van der Waals surface area contributed by atoms with Crippen LogP contribution in [0, 0.1) is 6.92 Å². The predicted octanol–water partition coefficient (Wildman–Crippen LogP) is 4.69. The maximum absolute atomic E-state index is 12.9. The van der Waals surface area contributed by atoms with Gasteiger partial charge < -0.3 is 4.90 Å². The van der Waals surface area contributed by atoms with Gasteiger partial charge in [-0.1, -0.05) is 15.9 Å². The lowest BCUT2D eigenvalue weighted by molar-refractivity contribution is -0.170. The zero-order chi connectivity index (χ0) is 16.1. The fraction of sp³-hybridized carbons (Fsp3) is 0.500. The van der Waals surface area contributed by atoms with Gasteiger partial charge in [0, 0.05) is 28.1 Å². The molecule has 1 fully saturated rings. The van der Waals surface area contributed by atoms with Crippen molar-refractivity contribution in [2.45, 2.75) is 23.6 Å². The Kier molecular flexibility index (Phi) is 4.23. The first-order valence-corrected chi connectivity index (χ1v) is 9.48. The predicted molar refractivity (Wildman–Crippen MR) is 88.5 cm³/mol. The zero-order valence-electron chi connectivity index (χ0n) is 11.7. The fourth-order valence-corrected chi connectivity index (χ4v) is 7.44. The number of hydrogen-bond acceptors (Lipinski definition) is 3. The van der Waals surface area contributed by atoms with E-state index in [1.165, 1.54) is 0 Å². The van der Waals surface area contributed by atoms with Crippen molar-refractivity contribution in [1.82, 2.24) is 0 Å². The molecule has 1 saturated heterocycles. The molecule has 0 bridgehead atoms. The van der Waals surface area contributed by atoms with Gasteiger partial charge in [0.15, 0.2) is 0 Å². The van der Waals surface area contributed by atoms with Crippen LogP contribution in [0.4, 0.5) is 18.9 Å². The molecular weight excluding hydrogens is 399 g/mol. The molecule has 2 aliphatic heterocycles. The Hall–Kier alpha value is -0.340. The molecule has 22 heavy (non-hydrogen) atoms. The first kappa shape index (κ1) is 16.5. The summed E-state index contributed by atoms with van der Waals surface area (Å²) in [4.78, 5) is 12.7. The van der Waals surface area contributed by atoms with E-state index in [0.29, 0.717) is 12.1 Å². The molecule has 0 aliphatic carbocycles. The largest absolute Gasteiger partial charge is 0.471 e. The minimum atomic E-state index is -4.85. The van der Waals surface area contributed by atoms with E-state index in [-0.39, 0.29) is 10.6 Å². The quantitative estimate of drug-likeness (QED) is 0.617. The Morgan fingerprint density at radius 3 is 2.55 bits per heavy atom. The molecule has 2 aliphatic rings. The summed E-state index contributed by atoms with van der Waals surface area (Å²) in [7, 11) is 0. The minimum Gasteiger partial charge on any atom is -0.304 e. The van der Waals surface area contributed by atoms with Crippen molar-refractivity contribution >= 4 is 51.0 Å². The van der Waals surface area contributed by atoms with E-state index >= 15 is 0 Å². The van der Waals surface area contributed by atoms with Gasteiger partial charge in [0.2, 0.25) is 0 Å². The maximum Gasteiger partial charge on any atom is 0.471 e. The lowest BCUT2D eigenvalue weighted by Gasteiger charge is -2.41. The average Bonchev–Trinajstić information content (AvgIpc) is 2.85. The number of carbonyl (C=O) groups is 1. The van der Waals surface area contributed by atoms with Gasteiger partial charge in [-0.25, -0.2) is 0 Å². The molecule has 0 radical (unpaired) electrons. The number of hydrogen-bond donors (Lipinski definition) is 0. The molecule has 0 saturated carbocycles. The van der Waals surface area contributed by atoms with E-state index in [9.17, 15) is 18.0 Å². The van der Waals surface area contributed by atoms with Crippen LogP contribution in [0.15, 0.2) is 16.6 Å². The Bertz CT molecular complexity index is 629. The Morgan fingerprint density at radius 1 is 1.32 bits per heavy atom. The topological polar surface area (TPSA) is 20.3 Å². The van der Waals surface area contributed by atoms with Crippen molar-refractivity contribution in [1.29, 1.82) is 0 Å². The zero-order valence-corrected chi connectivity index (χ0v) is 14.9. The van der Waals surface area contributed by atoms with Crippen molar-refractivity contribution < 1.29 is 18.0 Å². The van der Waals surface area contributed by atoms with Crippen LogP contribution >= 0.6 is 39.5 Å². The second-order valence-corrected chi connectivity index (χ2v) is 9.20. The highest BCUT2D eigenvalue weighted by atomic mass is 79.9. The van der Waals surface area contributed by atoms with Crippen LogP contribution in [0.5, 0.6) is 0 Å². The third kappa shape index (κ3) is 2.67. The molecule has 0 unspecified atom stereocenters. The molecular formula is C14H13BrF3NOS2. The van der Waals surface area contributed by atoms with Crippen LogP contribution in [-0.2, 0) is 8.87 Å². The van der Waals surface area contributed by atoms with Gasteiger partial charge >= 0.3 is 12.1 Å². The van der Waals surface area contributed by atoms with Crippen molar-refractivity contribution in [3.63, 3.8) is 0 Å². The monoisotopic (exact) mass is 411 g/mol. The SMILES string of the molecule is Cc1cc(Br)c2c(c1)N(C(=O)C(F)(F)F)CCC21SCCS1. The van der Waals surface area contributed by atoms with Gasteiger partial charge in [0.25, 0.3) is 0 Å². The number of amides is 1. The number of carbonyl (C=O) groups excluding carboxylic acids is 1. The number of anilines is 1. The molecule has 120 valence electrons. The van der Waals surface area contributed by atoms with Gasteiger partial charge in [0.1, 0.15) is 0 Å². The van der Waals surface area contributed by atoms with Crippen molar-refractivity contribution in [3.8, 4) is 0 Å². The molecule has 0 N–H and O–H groups in total. The van der Waals surface area contributed by atoms with Crippen LogP contribution in [0.1, 0.15) is 17.5 Å². The van der Waals surface area contributed by atoms with Gasteiger partial charge in [-0.15, -0.1) is 23.5 Å². The molecule has 0 aromatic heterocycles. The fourth-order valence-electron chi connectivity index (χ4n) is 2.93. The summed E-state index contributed by atoms with van der Waals surface area (Å²) in [6.07, 6.45) is -4.33. The normalized spacial score (nSPS) is 20.3. The van der Waals surface area contributed by atoms with Crippen LogP contribution in [0.2, 0.25) is 0 Å². The van der Waals surface area contributed by atoms with E-state index in [0.717, 1.165) is 32.0 Å². The number of benzene rings is 1. The summed E-state index contributed by atoms with van der Waals surface area (Å²) < 4.78 is 39.2. The van der Waals surface area contributed by atoms with E-state index in [1.54, 1.807) is 29.6 Å². The number of halogens is 4. The summed E-state index contributed by atoms with van der Waals surface area (Å²) in [5.41, 5.74) is 2.03. The smallest absolute Gasteiger partial charge is 0.304 e. The van der Waals surface area contributed by atoms with E-state index in [1.807, 2.05) is 13.0 Å². The van der Waals surface area contributed by atoms with Gasteiger partial charge in [0.05, 0.1) is 9.77 Å². The third-order valence-electron chi connectivity index (χ3n) is 3.79. The Labute approximate surface area is 143 Å². The molecule has 2 heterocycles. The highest BCUT2D eigenvalue weighted by Gasteiger charge is 2.50. The lowest BCUT2D eigenvalue weighted by Crippen LogP contribution is -2.46. The summed E-state index contributed by atoms with van der Waals surface area (Å²) in [5, 5.41) is 0. The molecule has 1 aromatic rings. The van der Waals surface area contributed by atoms with Gasteiger partial charge in [-0.2, -0.15) is 13.2 Å². The summed E-state index contributed by atoms with van der Waals surface area (Å²) in [6, 6.07) is 3.59. The Morgan fingerprint density at radius 2 is 1.95 bits per heavy atom. The standard InChI is InChI=1S/C14H13BrF3NOS2/c1-8-6-9(15)11-10(7-8)19(12(20)14(16,17)18)3-2-13(11)21-4-5-22-13/h6-7H,2-5H2,1H3. The number of alkyl halides is 3. The van der Waals surface area contributed by atoms with Crippen molar-refractivity contribution in [2.75, 3.05) is 23.0 Å². The molecule has 1 spiro atoms. The average molecular weight is 412 g/mol. The van der Waals surface area contributed by atoms with Crippen LogP contribution in [0.3, 0.4) is 0 Å². The number of rotatable bonds is 0. The summed E-state index contributed by atoms with van der Waals surface area (Å²) in [5.74, 6) is 0.157. The first-order valence-electron chi connectivity index (χ1n) is 6.72. The van der Waals surface area contributed by atoms with E-state index < -0.39 is 12.1 Å². The Balaban J connectivity index is 2.15. The van der Waals surface area contributed by atoms with Crippen LogP contribution < -0.4 is 4.90 Å². The number of nitrogens with zero attached hydrogens (tertiary/aromatic N) is 1. The molecule has 1 aromatic carbocycles.